The van der Waals surface area contributed by atoms with Crippen molar-refractivity contribution in [3.05, 3.63) is 28.7 Å². The molecule has 2 rings (SSSR count). The molecule has 0 spiro atoms. The molecule has 0 heterocycles. The Kier molecular flexibility index (Phi) is 4.24. The predicted molar refractivity (Wildman–Crippen MR) is 71.9 cm³/mol. The van der Waals surface area contributed by atoms with Crippen LogP contribution in [-0.4, -0.2) is 29.8 Å². The second-order valence-electron chi connectivity index (χ2n) is 4.47. The van der Waals surface area contributed by atoms with Gasteiger partial charge in [0.15, 0.2) is 0 Å². The van der Waals surface area contributed by atoms with E-state index in [0.717, 1.165) is 16.6 Å². The van der Waals surface area contributed by atoms with Gasteiger partial charge < -0.3 is 9.84 Å². The number of carboxylic acid groups (broad SMARTS) is 1. The van der Waals surface area contributed by atoms with Gasteiger partial charge in [-0.25, -0.2) is 0 Å². The van der Waals surface area contributed by atoms with Crippen molar-refractivity contribution in [2.45, 2.75) is 24.8 Å². The summed E-state index contributed by atoms with van der Waals surface area (Å²) in [4.78, 5) is 11.1. The third-order valence-corrected chi connectivity index (χ3v) is 3.79. The fourth-order valence-electron chi connectivity index (χ4n) is 1.99. The largest absolute Gasteiger partial charge is 0.492 e. The van der Waals surface area contributed by atoms with E-state index >= 15 is 0 Å². The first-order chi connectivity index (χ1) is 8.62. The molecule has 0 aliphatic heterocycles. The molecule has 4 nitrogen and oxygen atoms in total. The highest BCUT2D eigenvalue weighted by Gasteiger charge is 2.43. The molecule has 1 saturated carbocycles. The quantitative estimate of drug-likeness (QED) is 0.792. The highest BCUT2D eigenvalue weighted by molar-refractivity contribution is 9.10. The Morgan fingerprint density at radius 1 is 1.39 bits per heavy atom. The lowest BCUT2D eigenvalue weighted by Gasteiger charge is -2.38. The van der Waals surface area contributed by atoms with Crippen LogP contribution in [0.3, 0.4) is 0 Å². The number of ether oxygens (including phenoxy) is 1. The van der Waals surface area contributed by atoms with Crippen molar-refractivity contribution in [1.29, 1.82) is 0 Å². The van der Waals surface area contributed by atoms with Gasteiger partial charge in [0.2, 0.25) is 0 Å². The number of rotatable bonds is 6. The molecule has 98 valence electrons. The highest BCUT2D eigenvalue weighted by atomic mass is 79.9. The third kappa shape index (κ3) is 3.03. The van der Waals surface area contributed by atoms with E-state index in [1.54, 1.807) is 0 Å². The van der Waals surface area contributed by atoms with Crippen LogP contribution in [0, 0.1) is 0 Å². The summed E-state index contributed by atoms with van der Waals surface area (Å²) < 4.78 is 6.54. The summed E-state index contributed by atoms with van der Waals surface area (Å²) in [7, 11) is 0. The van der Waals surface area contributed by atoms with Gasteiger partial charge in [-0.3, -0.25) is 10.1 Å². The molecule has 0 saturated heterocycles. The number of nitrogens with one attached hydrogen (secondary N) is 1. The van der Waals surface area contributed by atoms with E-state index in [4.69, 9.17) is 9.84 Å². The Bertz CT molecular complexity index is 415. The second-order valence-corrected chi connectivity index (χ2v) is 5.39. The summed E-state index contributed by atoms with van der Waals surface area (Å²) >= 11 is 3.35. The lowest BCUT2D eigenvalue weighted by atomic mass is 9.77. The minimum absolute atomic E-state index is 0.469. The minimum Gasteiger partial charge on any atom is -0.492 e. The lowest BCUT2D eigenvalue weighted by Crippen LogP contribution is -2.57. The molecule has 0 aromatic heterocycles. The number of benzene rings is 1. The zero-order valence-electron chi connectivity index (χ0n) is 9.99. The molecule has 2 N–H and O–H groups in total. The molecular formula is C13H16BrNO3. The second kappa shape index (κ2) is 5.71. The Morgan fingerprint density at radius 2 is 2.06 bits per heavy atom. The molecule has 0 atom stereocenters. The molecule has 1 fully saturated rings. The van der Waals surface area contributed by atoms with Crippen molar-refractivity contribution in [3.8, 4) is 5.75 Å². The van der Waals surface area contributed by atoms with Crippen LogP contribution in [0.4, 0.5) is 0 Å². The fraction of sp³-hybridized carbons (Fsp3) is 0.462. The number of halogens is 1. The summed E-state index contributed by atoms with van der Waals surface area (Å²) in [5.74, 6) is 0.0374. The molecule has 0 unspecified atom stereocenters. The highest BCUT2D eigenvalue weighted by Crippen LogP contribution is 2.31. The lowest BCUT2D eigenvalue weighted by molar-refractivity contribution is -0.148. The van der Waals surface area contributed by atoms with Crippen LogP contribution in [0.5, 0.6) is 5.75 Å². The van der Waals surface area contributed by atoms with Gasteiger partial charge >= 0.3 is 5.97 Å². The summed E-state index contributed by atoms with van der Waals surface area (Å²) in [6, 6.07) is 7.57. The average Bonchev–Trinajstić information content (AvgIpc) is 2.29. The van der Waals surface area contributed by atoms with Gasteiger partial charge in [-0.05, 0) is 43.5 Å². The molecule has 18 heavy (non-hydrogen) atoms. The van der Waals surface area contributed by atoms with Gasteiger partial charge in [-0.15, -0.1) is 0 Å². The summed E-state index contributed by atoms with van der Waals surface area (Å²) in [6.07, 6.45) is 2.40. The first kappa shape index (κ1) is 13.4. The van der Waals surface area contributed by atoms with Crippen molar-refractivity contribution in [2.75, 3.05) is 13.2 Å². The number of carbonyl (C=O) groups is 1. The number of carboxylic acids is 1. The van der Waals surface area contributed by atoms with Crippen molar-refractivity contribution >= 4 is 21.9 Å². The van der Waals surface area contributed by atoms with Crippen molar-refractivity contribution in [3.63, 3.8) is 0 Å². The standard InChI is InChI=1S/C13H16BrNO3/c14-10-2-4-11(5-3-10)18-9-8-15-13(12(16)17)6-1-7-13/h2-5,15H,1,6-9H2,(H,16,17). The number of hydrogen-bond donors (Lipinski definition) is 2. The van der Waals surface area contributed by atoms with E-state index in [1.165, 1.54) is 0 Å². The molecule has 1 aromatic rings. The van der Waals surface area contributed by atoms with E-state index < -0.39 is 11.5 Å². The molecule has 1 aliphatic carbocycles. The van der Waals surface area contributed by atoms with E-state index in [2.05, 4.69) is 21.2 Å². The third-order valence-electron chi connectivity index (χ3n) is 3.26. The summed E-state index contributed by atoms with van der Waals surface area (Å²) in [5.41, 5.74) is -0.705. The van der Waals surface area contributed by atoms with Crippen LogP contribution in [0.2, 0.25) is 0 Å². The summed E-state index contributed by atoms with van der Waals surface area (Å²) in [5, 5.41) is 12.2. The van der Waals surface area contributed by atoms with Crippen LogP contribution in [0.1, 0.15) is 19.3 Å². The van der Waals surface area contributed by atoms with Crippen LogP contribution >= 0.6 is 15.9 Å². The maximum absolute atomic E-state index is 11.1. The first-order valence-electron chi connectivity index (χ1n) is 5.99. The Morgan fingerprint density at radius 3 is 2.56 bits per heavy atom. The number of hydrogen-bond acceptors (Lipinski definition) is 3. The Balaban J connectivity index is 1.73. The maximum atomic E-state index is 11.1. The Hall–Kier alpha value is -1.07. The van der Waals surface area contributed by atoms with Gasteiger partial charge in [0.25, 0.3) is 0 Å². The average molecular weight is 314 g/mol. The SMILES string of the molecule is O=C(O)C1(NCCOc2ccc(Br)cc2)CCC1. The molecule has 0 amide bonds. The van der Waals surface area contributed by atoms with E-state index in [-0.39, 0.29) is 0 Å². The molecular weight excluding hydrogens is 298 g/mol. The maximum Gasteiger partial charge on any atom is 0.323 e. The minimum atomic E-state index is -0.752. The number of aliphatic carboxylic acids is 1. The van der Waals surface area contributed by atoms with Crippen molar-refractivity contribution in [2.24, 2.45) is 0 Å². The van der Waals surface area contributed by atoms with E-state index in [9.17, 15) is 4.79 Å². The zero-order valence-corrected chi connectivity index (χ0v) is 11.6. The molecule has 5 heteroatoms. The molecule has 1 aliphatic rings. The van der Waals surface area contributed by atoms with Gasteiger partial charge in [0.1, 0.15) is 17.9 Å². The van der Waals surface area contributed by atoms with E-state index in [0.29, 0.717) is 26.0 Å². The normalized spacial score (nSPS) is 16.9. The topological polar surface area (TPSA) is 58.6 Å². The van der Waals surface area contributed by atoms with E-state index in [1.807, 2.05) is 24.3 Å². The van der Waals surface area contributed by atoms with Crippen LogP contribution in [-0.2, 0) is 4.79 Å². The van der Waals surface area contributed by atoms with Crippen LogP contribution in [0.15, 0.2) is 28.7 Å². The van der Waals surface area contributed by atoms with Crippen LogP contribution < -0.4 is 10.1 Å². The molecule has 0 bridgehead atoms. The van der Waals surface area contributed by atoms with Crippen molar-refractivity contribution in [1.82, 2.24) is 5.32 Å². The predicted octanol–water partition coefficient (Wildman–Crippen LogP) is 2.42. The van der Waals surface area contributed by atoms with Crippen LogP contribution in [0.25, 0.3) is 0 Å². The smallest absolute Gasteiger partial charge is 0.323 e. The zero-order chi connectivity index (χ0) is 13.0. The van der Waals surface area contributed by atoms with Gasteiger partial charge in [-0.1, -0.05) is 15.9 Å². The molecule has 1 aromatic carbocycles. The van der Waals surface area contributed by atoms with Gasteiger partial charge in [-0.2, -0.15) is 0 Å². The van der Waals surface area contributed by atoms with Gasteiger partial charge in [0.05, 0.1) is 0 Å². The summed E-state index contributed by atoms with van der Waals surface area (Å²) in [6.45, 7) is 1.01. The first-order valence-corrected chi connectivity index (χ1v) is 6.78. The fourth-order valence-corrected chi connectivity index (χ4v) is 2.25. The Labute approximate surface area is 114 Å². The van der Waals surface area contributed by atoms with Crippen molar-refractivity contribution < 1.29 is 14.6 Å². The van der Waals surface area contributed by atoms with Gasteiger partial charge in [0, 0.05) is 11.0 Å². The monoisotopic (exact) mass is 313 g/mol. The molecule has 0 radical (unpaired) electrons.